The summed E-state index contributed by atoms with van der Waals surface area (Å²) in [6.45, 7) is 0.490. The molecule has 1 fully saturated rings. The maximum atomic E-state index is 12.6. The molecule has 3 heteroatoms. The highest BCUT2D eigenvalue weighted by Crippen LogP contribution is 2.43. The van der Waals surface area contributed by atoms with Gasteiger partial charge in [-0.25, -0.2) is 0 Å². The van der Waals surface area contributed by atoms with Crippen LogP contribution < -0.4 is 4.74 Å². The van der Waals surface area contributed by atoms with Crippen molar-refractivity contribution in [2.75, 3.05) is 13.7 Å². The monoisotopic (exact) mass is 398 g/mol. The lowest BCUT2D eigenvalue weighted by atomic mass is 9.92. The number of methoxy groups -OCH3 is 1. The van der Waals surface area contributed by atoms with E-state index in [1.54, 1.807) is 0 Å². The molecule has 0 aliphatic heterocycles. The number of benzene rings is 3. The first-order valence-corrected chi connectivity index (χ1v) is 10.3. The van der Waals surface area contributed by atoms with E-state index in [1.807, 2.05) is 42.5 Å². The van der Waals surface area contributed by atoms with Gasteiger partial charge < -0.3 is 9.47 Å². The summed E-state index contributed by atoms with van der Waals surface area (Å²) in [5, 5.41) is 0. The van der Waals surface area contributed by atoms with Crippen LogP contribution in [0.3, 0.4) is 0 Å². The number of hydrogen-bond acceptors (Lipinski definition) is 3. The lowest BCUT2D eigenvalue weighted by Gasteiger charge is -2.17. The third-order valence-electron chi connectivity index (χ3n) is 5.73. The van der Waals surface area contributed by atoms with Crippen molar-refractivity contribution in [3.8, 4) is 5.75 Å². The van der Waals surface area contributed by atoms with E-state index in [2.05, 4.69) is 48.5 Å². The lowest BCUT2D eigenvalue weighted by molar-refractivity contribution is -0.147. The molecule has 2 atom stereocenters. The van der Waals surface area contributed by atoms with Crippen molar-refractivity contribution in [2.45, 2.75) is 12.8 Å². The molecule has 4 rings (SSSR count). The van der Waals surface area contributed by atoms with Crippen LogP contribution in [-0.2, 0) is 9.53 Å². The second-order valence-corrected chi connectivity index (χ2v) is 7.63. The molecule has 3 aromatic rings. The Labute approximate surface area is 178 Å². The fourth-order valence-electron chi connectivity index (χ4n) is 4.29. The summed E-state index contributed by atoms with van der Waals surface area (Å²) >= 11 is 0. The third-order valence-corrected chi connectivity index (χ3v) is 5.73. The van der Waals surface area contributed by atoms with Crippen LogP contribution in [0.4, 0.5) is 0 Å². The van der Waals surface area contributed by atoms with Gasteiger partial charge in [0.05, 0.1) is 19.6 Å². The zero-order chi connectivity index (χ0) is 20.8. The fourth-order valence-corrected chi connectivity index (χ4v) is 4.29. The SMILES string of the molecule is COC(=O)[C@@H]1CC(=C(c2ccccc2)c2ccccc2)C[C@H]1COc1ccccc1. The largest absolute Gasteiger partial charge is 0.493 e. The van der Waals surface area contributed by atoms with Gasteiger partial charge in [-0.15, -0.1) is 0 Å². The number of carbonyl (C=O) groups excluding carboxylic acids is 1. The molecule has 0 spiro atoms. The molecule has 0 unspecified atom stereocenters. The predicted molar refractivity (Wildman–Crippen MR) is 119 cm³/mol. The van der Waals surface area contributed by atoms with E-state index in [0.717, 1.165) is 12.2 Å². The van der Waals surface area contributed by atoms with Crippen LogP contribution in [0.2, 0.25) is 0 Å². The van der Waals surface area contributed by atoms with Gasteiger partial charge in [0, 0.05) is 5.92 Å². The average Bonchev–Trinajstić information content (AvgIpc) is 3.23. The first-order valence-electron chi connectivity index (χ1n) is 10.3. The summed E-state index contributed by atoms with van der Waals surface area (Å²) < 4.78 is 11.2. The van der Waals surface area contributed by atoms with Gasteiger partial charge in [0.25, 0.3) is 0 Å². The van der Waals surface area contributed by atoms with E-state index in [0.29, 0.717) is 13.0 Å². The Hall–Kier alpha value is -3.33. The number of rotatable bonds is 6. The standard InChI is InChI=1S/C27H26O3/c1-29-27(28)25-18-22(17-23(25)19-30-24-15-9-4-10-16-24)26(20-11-5-2-6-12-20)21-13-7-3-8-14-21/h2-16,23,25H,17-19H2,1H3/t23-,25+/m0/s1. The number of allylic oxidation sites excluding steroid dienone is 1. The van der Waals surface area contributed by atoms with Crippen LogP contribution in [0.15, 0.2) is 96.6 Å². The normalized spacial score (nSPS) is 18.1. The van der Waals surface area contributed by atoms with Gasteiger partial charge >= 0.3 is 5.97 Å². The van der Waals surface area contributed by atoms with Crippen molar-refractivity contribution in [3.63, 3.8) is 0 Å². The molecule has 0 bridgehead atoms. The lowest BCUT2D eigenvalue weighted by Crippen LogP contribution is -2.24. The van der Waals surface area contributed by atoms with Crippen molar-refractivity contribution >= 4 is 11.5 Å². The van der Waals surface area contributed by atoms with Gasteiger partial charge in [0.1, 0.15) is 5.75 Å². The van der Waals surface area contributed by atoms with Gasteiger partial charge in [0.15, 0.2) is 0 Å². The highest BCUT2D eigenvalue weighted by atomic mass is 16.5. The van der Waals surface area contributed by atoms with Crippen molar-refractivity contribution in [1.82, 2.24) is 0 Å². The zero-order valence-electron chi connectivity index (χ0n) is 17.2. The Morgan fingerprint density at radius 2 is 1.33 bits per heavy atom. The van der Waals surface area contributed by atoms with Gasteiger partial charge in [0.2, 0.25) is 0 Å². The van der Waals surface area contributed by atoms with Gasteiger partial charge in [-0.2, -0.15) is 0 Å². The third kappa shape index (κ3) is 4.46. The topological polar surface area (TPSA) is 35.5 Å². The van der Waals surface area contributed by atoms with E-state index >= 15 is 0 Å². The molecule has 0 heterocycles. The molecular formula is C27H26O3. The smallest absolute Gasteiger partial charge is 0.309 e. The van der Waals surface area contributed by atoms with E-state index in [9.17, 15) is 4.79 Å². The molecule has 30 heavy (non-hydrogen) atoms. The number of esters is 1. The summed E-state index contributed by atoms with van der Waals surface area (Å²) in [6, 6.07) is 30.6. The van der Waals surface area contributed by atoms with Crippen LogP contribution >= 0.6 is 0 Å². The predicted octanol–water partition coefficient (Wildman–Crippen LogP) is 5.77. The van der Waals surface area contributed by atoms with Gasteiger partial charge in [-0.3, -0.25) is 4.79 Å². The number of para-hydroxylation sites is 1. The quantitative estimate of drug-likeness (QED) is 0.495. The summed E-state index contributed by atoms with van der Waals surface area (Å²) in [5.41, 5.74) is 4.84. The molecule has 0 aromatic heterocycles. The summed E-state index contributed by atoms with van der Waals surface area (Å²) in [5.74, 6) is 0.545. The Morgan fingerprint density at radius 1 is 0.800 bits per heavy atom. The first kappa shape index (κ1) is 20.0. The average molecular weight is 399 g/mol. The molecule has 1 aliphatic rings. The minimum absolute atomic E-state index is 0.0788. The molecule has 0 radical (unpaired) electrons. The minimum Gasteiger partial charge on any atom is -0.493 e. The Morgan fingerprint density at radius 3 is 1.87 bits per heavy atom. The van der Waals surface area contributed by atoms with Crippen molar-refractivity contribution in [1.29, 1.82) is 0 Å². The molecule has 152 valence electrons. The Kier molecular flexibility index (Phi) is 6.29. The second-order valence-electron chi connectivity index (χ2n) is 7.63. The van der Waals surface area contributed by atoms with E-state index < -0.39 is 0 Å². The summed E-state index contributed by atoms with van der Waals surface area (Å²) in [7, 11) is 1.47. The maximum Gasteiger partial charge on any atom is 0.309 e. The van der Waals surface area contributed by atoms with Crippen LogP contribution in [0.1, 0.15) is 24.0 Å². The van der Waals surface area contributed by atoms with Crippen molar-refractivity contribution in [2.24, 2.45) is 11.8 Å². The first-order chi connectivity index (χ1) is 14.8. The Bertz CT molecular complexity index is 953. The highest BCUT2D eigenvalue weighted by molar-refractivity contribution is 5.84. The van der Waals surface area contributed by atoms with Crippen LogP contribution in [0.25, 0.3) is 5.57 Å². The number of ether oxygens (including phenoxy) is 2. The second kappa shape index (κ2) is 9.45. The molecule has 3 nitrogen and oxygen atoms in total. The van der Waals surface area contributed by atoms with Crippen molar-refractivity contribution < 1.29 is 14.3 Å². The molecule has 3 aromatic carbocycles. The zero-order valence-corrected chi connectivity index (χ0v) is 17.2. The van der Waals surface area contributed by atoms with E-state index in [-0.39, 0.29) is 17.8 Å². The highest BCUT2D eigenvalue weighted by Gasteiger charge is 2.38. The maximum absolute atomic E-state index is 12.6. The minimum atomic E-state index is -0.198. The molecular weight excluding hydrogens is 372 g/mol. The molecule has 1 aliphatic carbocycles. The van der Waals surface area contributed by atoms with E-state index in [4.69, 9.17) is 9.47 Å². The van der Waals surface area contributed by atoms with Crippen LogP contribution in [-0.4, -0.2) is 19.7 Å². The molecule has 0 N–H and O–H groups in total. The summed E-state index contributed by atoms with van der Waals surface area (Å²) in [6.07, 6.45) is 1.50. The van der Waals surface area contributed by atoms with Crippen LogP contribution in [0.5, 0.6) is 5.75 Å². The number of carbonyl (C=O) groups is 1. The summed E-state index contributed by atoms with van der Waals surface area (Å²) in [4.78, 5) is 12.6. The van der Waals surface area contributed by atoms with Crippen LogP contribution in [0, 0.1) is 11.8 Å². The molecule has 0 amide bonds. The van der Waals surface area contributed by atoms with Gasteiger partial charge in [-0.05, 0) is 41.7 Å². The van der Waals surface area contributed by atoms with Gasteiger partial charge in [-0.1, -0.05) is 84.4 Å². The fraction of sp³-hybridized carbons (Fsp3) is 0.222. The van der Waals surface area contributed by atoms with Crippen molar-refractivity contribution in [3.05, 3.63) is 108 Å². The Balaban J connectivity index is 1.68. The molecule has 0 saturated heterocycles. The molecule has 1 saturated carbocycles. The number of hydrogen-bond donors (Lipinski definition) is 0. The van der Waals surface area contributed by atoms with E-state index in [1.165, 1.54) is 29.4 Å².